The van der Waals surface area contributed by atoms with Crippen LogP contribution in [-0.2, 0) is 23.9 Å². The molecule has 1 N–H and O–H groups in total. The zero-order valence-electron chi connectivity index (χ0n) is 13.8. The number of fused-ring (bicyclic) bond motifs is 3. The zero-order valence-corrected chi connectivity index (χ0v) is 13.8. The van der Waals surface area contributed by atoms with Crippen LogP contribution in [0.25, 0.3) is 0 Å². The fourth-order valence-corrected chi connectivity index (χ4v) is 4.62. The maximum atomic E-state index is 12.8. The second kappa shape index (κ2) is 5.30. The van der Waals surface area contributed by atoms with Crippen molar-refractivity contribution in [1.82, 2.24) is 0 Å². The van der Waals surface area contributed by atoms with Gasteiger partial charge in [-0.3, -0.25) is 14.4 Å². The van der Waals surface area contributed by atoms with Crippen LogP contribution in [0.15, 0.2) is 0 Å². The molecule has 6 atom stereocenters. The SMILES string of the molecule is CC(=O)O[C@H]1CC[C@@]2(O)C[C@@]1(C)CC[C@H]1[C@H](C)C(=O)O[C@@H]1C2=O. The number of hydrogen-bond donors (Lipinski definition) is 1. The molecule has 3 rings (SSSR count). The van der Waals surface area contributed by atoms with Crippen molar-refractivity contribution in [2.75, 3.05) is 0 Å². The summed E-state index contributed by atoms with van der Waals surface area (Å²) in [6.45, 7) is 5.11. The lowest BCUT2D eigenvalue weighted by atomic mass is 9.59. The minimum atomic E-state index is -1.50. The lowest BCUT2D eigenvalue weighted by Crippen LogP contribution is -2.58. The number of carbonyl (C=O) groups is 3. The van der Waals surface area contributed by atoms with Gasteiger partial charge < -0.3 is 14.6 Å². The van der Waals surface area contributed by atoms with Crippen molar-refractivity contribution in [1.29, 1.82) is 0 Å². The van der Waals surface area contributed by atoms with Crippen molar-refractivity contribution in [3.05, 3.63) is 0 Å². The summed E-state index contributed by atoms with van der Waals surface area (Å²) < 4.78 is 10.7. The summed E-state index contributed by atoms with van der Waals surface area (Å²) >= 11 is 0. The van der Waals surface area contributed by atoms with E-state index in [1.807, 2.05) is 6.92 Å². The summed E-state index contributed by atoms with van der Waals surface area (Å²) in [4.78, 5) is 36.1. The van der Waals surface area contributed by atoms with Crippen LogP contribution in [0.2, 0.25) is 0 Å². The highest BCUT2D eigenvalue weighted by molar-refractivity contribution is 5.95. The average molecular weight is 324 g/mol. The average Bonchev–Trinajstić information content (AvgIpc) is 2.74. The molecule has 6 heteroatoms. The Kier molecular flexibility index (Phi) is 3.78. The third-order valence-electron chi connectivity index (χ3n) is 6.01. The number of ketones is 1. The smallest absolute Gasteiger partial charge is 0.309 e. The topological polar surface area (TPSA) is 89.9 Å². The largest absolute Gasteiger partial charge is 0.462 e. The first kappa shape index (κ1) is 16.4. The van der Waals surface area contributed by atoms with E-state index in [0.29, 0.717) is 19.3 Å². The van der Waals surface area contributed by atoms with Crippen molar-refractivity contribution >= 4 is 17.7 Å². The molecular formula is C17H24O6. The van der Waals surface area contributed by atoms with E-state index < -0.39 is 17.1 Å². The second-order valence-corrected chi connectivity index (χ2v) is 7.71. The van der Waals surface area contributed by atoms with Crippen molar-refractivity contribution in [2.45, 2.75) is 70.7 Å². The molecule has 0 aromatic heterocycles. The summed E-state index contributed by atoms with van der Waals surface area (Å²) in [5.74, 6) is -1.65. The third kappa shape index (κ3) is 2.57. The molecule has 0 amide bonds. The van der Waals surface area contributed by atoms with E-state index in [0.717, 1.165) is 0 Å². The van der Waals surface area contributed by atoms with Crippen LogP contribution < -0.4 is 0 Å². The molecule has 0 unspecified atom stereocenters. The normalized spacial score (nSPS) is 46.4. The highest BCUT2D eigenvalue weighted by atomic mass is 16.6. The monoisotopic (exact) mass is 324 g/mol. The first-order chi connectivity index (χ1) is 10.7. The lowest BCUT2D eigenvalue weighted by Gasteiger charge is -2.49. The molecule has 1 heterocycles. The predicted molar refractivity (Wildman–Crippen MR) is 79.2 cm³/mol. The molecule has 6 nitrogen and oxygen atoms in total. The molecule has 0 radical (unpaired) electrons. The molecule has 1 aliphatic heterocycles. The summed E-state index contributed by atoms with van der Waals surface area (Å²) in [7, 11) is 0. The van der Waals surface area contributed by atoms with E-state index in [1.54, 1.807) is 6.92 Å². The summed E-state index contributed by atoms with van der Waals surface area (Å²) in [6.07, 6.45) is 1.10. The molecule has 0 spiro atoms. The second-order valence-electron chi connectivity index (χ2n) is 7.71. The zero-order chi connectivity index (χ0) is 17.0. The third-order valence-corrected chi connectivity index (χ3v) is 6.01. The Hall–Kier alpha value is -1.43. The van der Waals surface area contributed by atoms with Crippen LogP contribution in [0.1, 0.15) is 52.9 Å². The van der Waals surface area contributed by atoms with Gasteiger partial charge in [-0.25, -0.2) is 0 Å². The number of hydrogen-bond acceptors (Lipinski definition) is 6. The lowest BCUT2D eigenvalue weighted by molar-refractivity contribution is -0.182. The maximum absolute atomic E-state index is 12.8. The van der Waals surface area contributed by atoms with Gasteiger partial charge in [0.1, 0.15) is 11.7 Å². The van der Waals surface area contributed by atoms with Crippen LogP contribution in [0.5, 0.6) is 0 Å². The van der Waals surface area contributed by atoms with Gasteiger partial charge in [-0.15, -0.1) is 0 Å². The van der Waals surface area contributed by atoms with E-state index in [2.05, 4.69) is 0 Å². The number of Topliss-reactive ketones (excluding diaryl/α,β-unsaturated/α-hetero) is 1. The molecule has 2 aliphatic carbocycles. The highest BCUT2D eigenvalue weighted by Crippen LogP contribution is 2.51. The number of rotatable bonds is 1. The Morgan fingerprint density at radius 1 is 1.30 bits per heavy atom. The van der Waals surface area contributed by atoms with Crippen molar-refractivity contribution in [2.24, 2.45) is 17.3 Å². The number of esters is 2. The Bertz CT molecular complexity index is 557. The first-order valence-corrected chi connectivity index (χ1v) is 8.31. The Labute approximate surface area is 135 Å². The fraction of sp³-hybridized carbons (Fsp3) is 0.824. The number of carbonyl (C=O) groups excluding carboxylic acids is 3. The van der Waals surface area contributed by atoms with Gasteiger partial charge >= 0.3 is 11.9 Å². The molecule has 23 heavy (non-hydrogen) atoms. The number of aliphatic hydroxyl groups is 1. The minimum Gasteiger partial charge on any atom is -0.462 e. The Balaban J connectivity index is 1.93. The summed E-state index contributed by atoms with van der Waals surface area (Å²) in [6, 6.07) is 0. The van der Waals surface area contributed by atoms with E-state index in [-0.39, 0.29) is 48.5 Å². The van der Waals surface area contributed by atoms with Gasteiger partial charge in [-0.1, -0.05) is 13.8 Å². The Morgan fingerprint density at radius 3 is 2.65 bits per heavy atom. The summed E-state index contributed by atoms with van der Waals surface area (Å²) in [5, 5.41) is 10.9. The van der Waals surface area contributed by atoms with E-state index in [4.69, 9.17) is 9.47 Å². The van der Waals surface area contributed by atoms with Gasteiger partial charge in [0, 0.05) is 18.3 Å². The Morgan fingerprint density at radius 2 is 2.00 bits per heavy atom. The van der Waals surface area contributed by atoms with Crippen molar-refractivity contribution < 1.29 is 29.0 Å². The van der Waals surface area contributed by atoms with E-state index in [1.165, 1.54) is 6.92 Å². The molecule has 0 aromatic rings. The molecule has 1 saturated heterocycles. The maximum Gasteiger partial charge on any atom is 0.309 e. The van der Waals surface area contributed by atoms with Crippen LogP contribution in [0.3, 0.4) is 0 Å². The van der Waals surface area contributed by atoms with Gasteiger partial charge in [0.2, 0.25) is 5.78 Å². The molecule has 3 aliphatic rings. The molecular weight excluding hydrogens is 300 g/mol. The highest BCUT2D eigenvalue weighted by Gasteiger charge is 2.59. The molecule has 3 fully saturated rings. The molecule has 2 saturated carbocycles. The molecule has 0 aromatic carbocycles. The predicted octanol–water partition coefficient (Wildman–Crippen LogP) is 1.38. The van der Waals surface area contributed by atoms with Crippen LogP contribution in [0, 0.1) is 17.3 Å². The quantitative estimate of drug-likeness (QED) is 0.733. The molecule has 2 bridgehead atoms. The number of ether oxygens (including phenoxy) is 2. The first-order valence-electron chi connectivity index (χ1n) is 8.31. The van der Waals surface area contributed by atoms with Crippen LogP contribution in [0.4, 0.5) is 0 Å². The fourth-order valence-electron chi connectivity index (χ4n) is 4.62. The van der Waals surface area contributed by atoms with E-state index >= 15 is 0 Å². The minimum absolute atomic E-state index is 0.211. The van der Waals surface area contributed by atoms with Crippen LogP contribution >= 0.6 is 0 Å². The van der Waals surface area contributed by atoms with Crippen molar-refractivity contribution in [3.8, 4) is 0 Å². The van der Waals surface area contributed by atoms with Crippen LogP contribution in [-0.4, -0.2) is 40.6 Å². The van der Waals surface area contributed by atoms with Crippen molar-refractivity contribution in [3.63, 3.8) is 0 Å². The van der Waals surface area contributed by atoms with Gasteiger partial charge in [-0.05, 0) is 32.1 Å². The molecule has 128 valence electrons. The van der Waals surface area contributed by atoms with Gasteiger partial charge in [0.15, 0.2) is 6.10 Å². The van der Waals surface area contributed by atoms with Gasteiger partial charge in [0.05, 0.1) is 5.92 Å². The van der Waals surface area contributed by atoms with E-state index in [9.17, 15) is 19.5 Å². The van der Waals surface area contributed by atoms with Gasteiger partial charge in [0.25, 0.3) is 0 Å². The summed E-state index contributed by atoms with van der Waals surface area (Å²) in [5.41, 5.74) is -1.97. The standard InChI is InChI=1S/C17H24O6/c1-9-11-4-6-16(3)8-17(21,7-5-12(16)22-10(2)18)14(19)13(11)23-15(9)20/h9,11-13,21H,4-8H2,1-3H3/t9-,11-,12-,13-,16+,17+/m0/s1. The van der Waals surface area contributed by atoms with Gasteiger partial charge in [-0.2, -0.15) is 0 Å².